The molecule has 2 rings (SSSR count). The van der Waals surface area contributed by atoms with Crippen molar-refractivity contribution in [3.63, 3.8) is 0 Å². The summed E-state index contributed by atoms with van der Waals surface area (Å²) in [5, 5.41) is 17.0. The highest BCUT2D eigenvalue weighted by Gasteiger charge is 2.21. The van der Waals surface area contributed by atoms with E-state index < -0.39 is 10.8 Å². The maximum absolute atomic E-state index is 12.7. The van der Waals surface area contributed by atoms with Gasteiger partial charge in [0.15, 0.2) is 0 Å². The number of nitro benzene ring substituents is 1. The van der Waals surface area contributed by atoms with Crippen molar-refractivity contribution in [2.45, 2.75) is 6.92 Å². The van der Waals surface area contributed by atoms with Crippen LogP contribution in [0.4, 0.5) is 17.1 Å². The Morgan fingerprint density at radius 2 is 1.90 bits per heavy atom. The number of amides is 2. The van der Waals surface area contributed by atoms with Gasteiger partial charge in [0, 0.05) is 42.5 Å². The number of nitrogens with one attached hydrogen (secondary N) is 2. The van der Waals surface area contributed by atoms with Crippen LogP contribution in [-0.4, -0.2) is 55.5 Å². The van der Waals surface area contributed by atoms with Crippen LogP contribution in [0, 0.1) is 17.0 Å². The van der Waals surface area contributed by atoms with E-state index in [4.69, 9.17) is 4.74 Å². The van der Waals surface area contributed by atoms with Gasteiger partial charge in [-0.15, -0.1) is 0 Å². The largest absolute Gasteiger partial charge is 0.383 e. The highest BCUT2D eigenvalue weighted by Crippen LogP contribution is 2.26. The molecular weight excluding hydrogens is 456 g/mol. The Labute approximate surface area is 182 Å². The molecule has 0 unspecified atom stereocenters. The van der Waals surface area contributed by atoms with Crippen LogP contribution < -0.4 is 10.6 Å². The Balaban J connectivity index is 2.08. The van der Waals surface area contributed by atoms with Gasteiger partial charge in [0.2, 0.25) is 5.91 Å². The first-order chi connectivity index (χ1) is 14.2. The summed E-state index contributed by atoms with van der Waals surface area (Å²) >= 11 is 3.36. The monoisotopic (exact) mass is 478 g/mol. The number of anilines is 2. The highest BCUT2D eigenvalue weighted by molar-refractivity contribution is 9.10. The third kappa shape index (κ3) is 6.26. The lowest BCUT2D eigenvalue weighted by Crippen LogP contribution is -2.35. The Hall–Kier alpha value is -2.98. The maximum Gasteiger partial charge on any atom is 0.293 e. The van der Waals surface area contributed by atoms with Crippen molar-refractivity contribution in [1.29, 1.82) is 0 Å². The van der Waals surface area contributed by atoms with Crippen molar-refractivity contribution < 1.29 is 19.2 Å². The average molecular weight is 479 g/mol. The van der Waals surface area contributed by atoms with Crippen molar-refractivity contribution in [1.82, 2.24) is 4.90 Å². The molecule has 0 bridgehead atoms. The van der Waals surface area contributed by atoms with Crippen molar-refractivity contribution in [3.05, 3.63) is 62.1 Å². The van der Waals surface area contributed by atoms with Gasteiger partial charge in [0.25, 0.3) is 11.6 Å². The van der Waals surface area contributed by atoms with E-state index in [1.54, 1.807) is 12.1 Å². The fourth-order valence-corrected chi connectivity index (χ4v) is 3.19. The number of ether oxygens (including phenoxy) is 1. The number of hydrogen-bond donors (Lipinski definition) is 2. The number of nitrogens with zero attached hydrogens (tertiary/aromatic N) is 2. The molecule has 0 aliphatic rings. The second-order valence-electron chi connectivity index (χ2n) is 6.58. The first kappa shape index (κ1) is 23.3. The quantitative estimate of drug-likeness (QED) is 0.324. The van der Waals surface area contributed by atoms with Gasteiger partial charge in [-0.25, -0.2) is 0 Å². The molecule has 160 valence electrons. The Morgan fingerprint density at radius 1 is 1.20 bits per heavy atom. The van der Waals surface area contributed by atoms with Gasteiger partial charge >= 0.3 is 0 Å². The van der Waals surface area contributed by atoms with Gasteiger partial charge in [0.1, 0.15) is 5.69 Å². The molecule has 2 amide bonds. The number of hydrogen-bond acceptors (Lipinski definition) is 6. The topological polar surface area (TPSA) is 114 Å². The number of carbonyl (C=O) groups is 2. The normalized spacial score (nSPS) is 10.4. The van der Waals surface area contributed by atoms with Crippen LogP contribution >= 0.6 is 15.9 Å². The van der Waals surface area contributed by atoms with Crippen molar-refractivity contribution >= 4 is 44.8 Å². The lowest BCUT2D eigenvalue weighted by atomic mass is 10.1. The molecule has 0 fully saturated rings. The van der Waals surface area contributed by atoms with Crippen molar-refractivity contribution in [2.24, 2.45) is 0 Å². The van der Waals surface area contributed by atoms with Crippen LogP contribution in [0.3, 0.4) is 0 Å². The second-order valence-corrected chi connectivity index (χ2v) is 7.49. The molecule has 0 aliphatic heterocycles. The van der Waals surface area contributed by atoms with Gasteiger partial charge in [-0.2, -0.15) is 0 Å². The molecule has 0 atom stereocenters. The fourth-order valence-electron chi connectivity index (χ4n) is 2.72. The van der Waals surface area contributed by atoms with Gasteiger partial charge < -0.3 is 20.3 Å². The zero-order valence-electron chi connectivity index (χ0n) is 16.9. The van der Waals surface area contributed by atoms with Crippen LogP contribution in [0.1, 0.15) is 15.9 Å². The van der Waals surface area contributed by atoms with E-state index in [1.165, 1.54) is 37.3 Å². The first-order valence-corrected chi connectivity index (χ1v) is 9.85. The summed E-state index contributed by atoms with van der Waals surface area (Å²) in [6, 6.07) is 9.59. The molecule has 0 saturated heterocycles. The molecular formula is C20H23BrN4O5. The number of rotatable bonds is 9. The molecule has 9 nitrogen and oxygen atoms in total. The maximum atomic E-state index is 12.7. The third-order valence-corrected chi connectivity index (χ3v) is 4.75. The summed E-state index contributed by atoms with van der Waals surface area (Å²) < 4.78 is 5.81. The molecule has 0 radical (unpaired) electrons. The van der Waals surface area contributed by atoms with E-state index in [0.29, 0.717) is 24.5 Å². The molecule has 0 aromatic heterocycles. The first-order valence-electron chi connectivity index (χ1n) is 9.05. The number of aryl methyl sites for hydroxylation is 1. The molecule has 0 spiro atoms. The van der Waals surface area contributed by atoms with Gasteiger partial charge in [0.05, 0.1) is 18.1 Å². The molecule has 0 aliphatic carbocycles. The lowest BCUT2D eigenvalue weighted by molar-refractivity contribution is -0.384. The van der Waals surface area contributed by atoms with E-state index >= 15 is 0 Å². The minimum atomic E-state index is -0.561. The van der Waals surface area contributed by atoms with E-state index in [-0.39, 0.29) is 23.7 Å². The minimum Gasteiger partial charge on any atom is -0.383 e. The third-order valence-electron chi connectivity index (χ3n) is 4.25. The molecule has 30 heavy (non-hydrogen) atoms. The molecule has 0 heterocycles. The Morgan fingerprint density at radius 3 is 2.53 bits per heavy atom. The van der Waals surface area contributed by atoms with Gasteiger partial charge in [-0.05, 0) is 42.8 Å². The summed E-state index contributed by atoms with van der Waals surface area (Å²) in [4.78, 5) is 37.0. The zero-order chi connectivity index (χ0) is 22.3. The van der Waals surface area contributed by atoms with Gasteiger partial charge in [-0.3, -0.25) is 19.7 Å². The average Bonchev–Trinajstić information content (AvgIpc) is 2.69. The highest BCUT2D eigenvalue weighted by atomic mass is 79.9. The van der Waals surface area contributed by atoms with E-state index in [0.717, 1.165) is 10.0 Å². The zero-order valence-corrected chi connectivity index (χ0v) is 18.5. The standard InChI is InChI=1S/C20H23BrN4O5/c1-13-10-15(21)5-7-16(13)23-19(26)12-24(2)20(27)14-4-6-17(22-8-9-30-3)18(11-14)25(28)29/h4-7,10-11,22H,8-9,12H2,1-3H3,(H,23,26). The van der Waals surface area contributed by atoms with Crippen LogP contribution in [-0.2, 0) is 9.53 Å². The predicted molar refractivity (Wildman–Crippen MR) is 118 cm³/mol. The molecule has 2 N–H and O–H groups in total. The number of likely N-dealkylation sites (N-methyl/N-ethyl adjacent to an activating group) is 1. The smallest absolute Gasteiger partial charge is 0.293 e. The van der Waals surface area contributed by atoms with Crippen LogP contribution in [0.5, 0.6) is 0 Å². The summed E-state index contributed by atoms with van der Waals surface area (Å²) in [5.74, 6) is -0.868. The van der Waals surface area contributed by atoms with Crippen LogP contribution in [0.15, 0.2) is 40.9 Å². The number of nitro groups is 1. The van der Waals surface area contributed by atoms with Crippen molar-refractivity contribution in [2.75, 3.05) is 44.5 Å². The lowest BCUT2D eigenvalue weighted by Gasteiger charge is -2.18. The summed E-state index contributed by atoms with van der Waals surface area (Å²) in [5.41, 5.74) is 1.71. The summed E-state index contributed by atoms with van der Waals surface area (Å²) in [7, 11) is 2.99. The molecule has 0 saturated carbocycles. The number of carbonyl (C=O) groups excluding carboxylic acids is 2. The molecule has 10 heteroatoms. The number of halogens is 1. The van der Waals surface area contributed by atoms with Crippen LogP contribution in [0.25, 0.3) is 0 Å². The number of methoxy groups -OCH3 is 1. The minimum absolute atomic E-state index is 0.120. The number of benzene rings is 2. The van der Waals surface area contributed by atoms with E-state index in [1.807, 2.05) is 13.0 Å². The van der Waals surface area contributed by atoms with Crippen molar-refractivity contribution in [3.8, 4) is 0 Å². The Kier molecular flexibility index (Phi) is 8.31. The SMILES string of the molecule is COCCNc1ccc(C(=O)N(C)CC(=O)Nc2ccc(Br)cc2C)cc1[N+](=O)[O-]. The fraction of sp³-hybridized carbons (Fsp3) is 0.300. The van der Waals surface area contributed by atoms with Gasteiger partial charge in [-0.1, -0.05) is 15.9 Å². The predicted octanol–water partition coefficient (Wildman–Crippen LogP) is 3.43. The Bertz CT molecular complexity index is 951. The van der Waals surface area contributed by atoms with E-state index in [9.17, 15) is 19.7 Å². The second kappa shape index (κ2) is 10.7. The molecule has 2 aromatic carbocycles. The van der Waals surface area contributed by atoms with Crippen LogP contribution in [0.2, 0.25) is 0 Å². The molecule has 2 aromatic rings. The summed E-state index contributed by atoms with van der Waals surface area (Å²) in [6.07, 6.45) is 0. The van der Waals surface area contributed by atoms with E-state index in [2.05, 4.69) is 26.6 Å². The summed E-state index contributed by atoms with van der Waals surface area (Å²) in [6.45, 7) is 2.43.